The predicted octanol–water partition coefficient (Wildman–Crippen LogP) is 4.08. The molecule has 0 saturated heterocycles. The topological polar surface area (TPSA) is 81.7 Å². The van der Waals surface area contributed by atoms with Crippen LogP contribution in [0.4, 0.5) is 16.2 Å². The molecular formula is C25H23N3O3. The number of benzene rings is 3. The number of nitrogens with one attached hydrogen (secondary N) is 2. The molecule has 0 bridgehead atoms. The number of fused-ring (bicyclic) bond motifs is 2. The van der Waals surface area contributed by atoms with Gasteiger partial charge in [0.1, 0.15) is 0 Å². The van der Waals surface area contributed by atoms with Crippen molar-refractivity contribution < 1.29 is 14.7 Å². The lowest BCUT2D eigenvalue weighted by Crippen LogP contribution is -2.63. The van der Waals surface area contributed by atoms with Crippen LogP contribution in [0.15, 0.2) is 78.9 Å². The summed E-state index contributed by atoms with van der Waals surface area (Å²) in [6.45, 7) is 0. The molecule has 156 valence electrons. The Kier molecular flexibility index (Phi) is 4.71. The average Bonchev–Trinajstić information content (AvgIpc) is 2.80. The van der Waals surface area contributed by atoms with Gasteiger partial charge in [-0.3, -0.25) is 9.69 Å². The first kappa shape index (κ1) is 19.3. The highest BCUT2D eigenvalue weighted by Gasteiger charge is 2.52. The zero-order valence-corrected chi connectivity index (χ0v) is 16.9. The molecule has 3 aromatic rings. The highest BCUT2D eigenvalue weighted by molar-refractivity contribution is 6.11. The van der Waals surface area contributed by atoms with E-state index in [9.17, 15) is 14.7 Å². The van der Waals surface area contributed by atoms with Gasteiger partial charge in [-0.15, -0.1) is 0 Å². The standard InChI is InChI=1S/C25H23N3O3/c29-23(26-21-16-8-10-17-9-4-5-13-19(17)21)25(31)20-14-6-7-15-22(20)27-24(30)28(25)18-11-2-1-3-12-18/h1-7,9,11-15,21,31H,8,10,16H2,(H,26,29)(H,27,30)/t21-,25+/m1/s1. The predicted molar refractivity (Wildman–Crippen MR) is 119 cm³/mol. The smallest absolute Gasteiger partial charge is 0.329 e. The fraction of sp³-hybridized carbons (Fsp3) is 0.200. The molecule has 0 aromatic heterocycles. The zero-order chi connectivity index (χ0) is 21.4. The Labute approximate surface area is 180 Å². The van der Waals surface area contributed by atoms with Gasteiger partial charge >= 0.3 is 6.03 Å². The van der Waals surface area contributed by atoms with Crippen molar-refractivity contribution in [3.63, 3.8) is 0 Å². The third-order valence-corrected chi connectivity index (χ3v) is 6.08. The molecule has 0 fully saturated rings. The number of hydrogen-bond acceptors (Lipinski definition) is 3. The van der Waals surface area contributed by atoms with Gasteiger partial charge in [0.15, 0.2) is 0 Å². The molecule has 31 heavy (non-hydrogen) atoms. The Balaban J connectivity index is 1.59. The molecule has 5 rings (SSSR count). The van der Waals surface area contributed by atoms with Crippen molar-refractivity contribution in [3.05, 3.63) is 95.6 Å². The highest BCUT2D eigenvalue weighted by Crippen LogP contribution is 2.40. The number of amides is 3. The summed E-state index contributed by atoms with van der Waals surface area (Å²) in [6, 6.07) is 22.8. The molecule has 3 aromatic carbocycles. The number of nitrogens with zero attached hydrogens (tertiary/aromatic N) is 1. The lowest BCUT2D eigenvalue weighted by atomic mass is 9.87. The van der Waals surface area contributed by atoms with Crippen LogP contribution in [0.25, 0.3) is 0 Å². The van der Waals surface area contributed by atoms with Crippen LogP contribution in [0.5, 0.6) is 0 Å². The van der Waals surface area contributed by atoms with Gasteiger partial charge in [-0.25, -0.2) is 4.79 Å². The lowest BCUT2D eigenvalue weighted by Gasteiger charge is -2.43. The van der Waals surface area contributed by atoms with E-state index in [1.807, 2.05) is 24.3 Å². The first-order valence-electron chi connectivity index (χ1n) is 10.5. The van der Waals surface area contributed by atoms with Crippen molar-refractivity contribution in [2.45, 2.75) is 31.0 Å². The van der Waals surface area contributed by atoms with Crippen molar-refractivity contribution in [2.24, 2.45) is 0 Å². The Morgan fingerprint density at radius 2 is 1.71 bits per heavy atom. The van der Waals surface area contributed by atoms with Crippen LogP contribution < -0.4 is 15.5 Å². The summed E-state index contributed by atoms with van der Waals surface area (Å²) in [5, 5.41) is 17.7. The maximum Gasteiger partial charge on any atom is 0.329 e. The molecule has 0 saturated carbocycles. The van der Waals surface area contributed by atoms with Gasteiger partial charge in [-0.05, 0) is 48.6 Å². The van der Waals surface area contributed by atoms with Gasteiger partial charge < -0.3 is 15.7 Å². The second-order valence-corrected chi connectivity index (χ2v) is 7.94. The average molecular weight is 413 g/mol. The highest BCUT2D eigenvalue weighted by atomic mass is 16.3. The zero-order valence-electron chi connectivity index (χ0n) is 16.9. The van der Waals surface area contributed by atoms with Crippen LogP contribution in [0, 0.1) is 0 Å². The van der Waals surface area contributed by atoms with Crippen LogP contribution in [-0.4, -0.2) is 17.0 Å². The van der Waals surface area contributed by atoms with E-state index in [2.05, 4.69) is 16.7 Å². The summed E-state index contributed by atoms with van der Waals surface area (Å²) in [5.41, 5.74) is 1.25. The second-order valence-electron chi connectivity index (χ2n) is 7.94. The molecule has 2 aliphatic rings. The summed E-state index contributed by atoms with van der Waals surface area (Å²) in [7, 11) is 0. The van der Waals surface area contributed by atoms with Gasteiger partial charge in [-0.2, -0.15) is 0 Å². The number of carbonyl (C=O) groups excluding carboxylic acids is 2. The molecule has 3 N–H and O–H groups in total. The van der Waals surface area contributed by atoms with Crippen molar-refractivity contribution in [1.82, 2.24) is 5.32 Å². The molecule has 2 atom stereocenters. The largest absolute Gasteiger partial charge is 0.359 e. The molecule has 1 aliphatic heterocycles. The van der Waals surface area contributed by atoms with E-state index in [0.717, 1.165) is 29.7 Å². The number of anilines is 2. The molecular weight excluding hydrogens is 390 g/mol. The summed E-state index contributed by atoms with van der Waals surface area (Å²) in [5.74, 6) is -0.625. The molecule has 3 amide bonds. The maximum absolute atomic E-state index is 13.7. The monoisotopic (exact) mass is 413 g/mol. The third-order valence-electron chi connectivity index (χ3n) is 6.08. The number of carbonyl (C=O) groups is 2. The Morgan fingerprint density at radius 3 is 2.55 bits per heavy atom. The number of aryl methyl sites for hydroxylation is 1. The maximum atomic E-state index is 13.7. The van der Waals surface area contributed by atoms with E-state index in [1.165, 1.54) is 5.56 Å². The minimum absolute atomic E-state index is 0.226. The summed E-state index contributed by atoms with van der Waals surface area (Å²) in [4.78, 5) is 27.9. The Bertz CT molecular complexity index is 1150. The van der Waals surface area contributed by atoms with Crippen molar-refractivity contribution >= 4 is 23.3 Å². The minimum Gasteiger partial charge on any atom is -0.359 e. The summed E-state index contributed by atoms with van der Waals surface area (Å²) >= 11 is 0. The van der Waals surface area contributed by atoms with Crippen LogP contribution in [-0.2, 0) is 16.9 Å². The van der Waals surface area contributed by atoms with Gasteiger partial charge in [0.25, 0.3) is 11.6 Å². The fourth-order valence-corrected chi connectivity index (χ4v) is 4.60. The molecule has 0 radical (unpaired) electrons. The van der Waals surface area contributed by atoms with E-state index in [4.69, 9.17) is 0 Å². The molecule has 1 heterocycles. The van der Waals surface area contributed by atoms with Crippen LogP contribution in [0.1, 0.15) is 35.6 Å². The molecule has 6 heteroatoms. The quantitative estimate of drug-likeness (QED) is 0.605. The van der Waals surface area contributed by atoms with Crippen LogP contribution in [0.3, 0.4) is 0 Å². The molecule has 0 unspecified atom stereocenters. The van der Waals surface area contributed by atoms with Gasteiger partial charge in [0.2, 0.25) is 0 Å². The van der Waals surface area contributed by atoms with Crippen molar-refractivity contribution in [1.29, 1.82) is 0 Å². The summed E-state index contributed by atoms with van der Waals surface area (Å²) in [6.07, 6.45) is 2.69. The third kappa shape index (κ3) is 3.16. The lowest BCUT2D eigenvalue weighted by molar-refractivity contribution is -0.141. The first-order chi connectivity index (χ1) is 15.1. The van der Waals surface area contributed by atoms with E-state index >= 15 is 0 Å². The van der Waals surface area contributed by atoms with E-state index in [-0.39, 0.29) is 6.04 Å². The first-order valence-corrected chi connectivity index (χ1v) is 10.5. The van der Waals surface area contributed by atoms with E-state index in [0.29, 0.717) is 16.9 Å². The molecule has 0 spiro atoms. The van der Waals surface area contributed by atoms with E-state index in [1.54, 1.807) is 48.5 Å². The fourth-order valence-electron chi connectivity index (χ4n) is 4.60. The number of hydrogen-bond donors (Lipinski definition) is 3. The van der Waals surface area contributed by atoms with Crippen LogP contribution >= 0.6 is 0 Å². The van der Waals surface area contributed by atoms with Gasteiger partial charge in [0, 0.05) is 11.3 Å². The van der Waals surface area contributed by atoms with Crippen molar-refractivity contribution in [2.75, 3.05) is 10.2 Å². The second kappa shape index (κ2) is 7.56. The number of rotatable bonds is 3. The van der Waals surface area contributed by atoms with E-state index < -0.39 is 17.7 Å². The van der Waals surface area contributed by atoms with Crippen LogP contribution in [0.2, 0.25) is 0 Å². The molecule has 6 nitrogen and oxygen atoms in total. The normalized spacial score (nSPS) is 22.2. The van der Waals surface area contributed by atoms with Gasteiger partial charge in [0.05, 0.1) is 11.7 Å². The number of para-hydroxylation sites is 2. The SMILES string of the molecule is O=C1Nc2ccccc2[C@](O)(C(=O)N[C@@H]2CCCc3ccccc32)N1c1ccccc1. The van der Waals surface area contributed by atoms with Crippen molar-refractivity contribution in [3.8, 4) is 0 Å². The van der Waals surface area contributed by atoms with Gasteiger partial charge in [-0.1, -0.05) is 60.7 Å². The summed E-state index contributed by atoms with van der Waals surface area (Å²) < 4.78 is 0. The Morgan fingerprint density at radius 1 is 1.00 bits per heavy atom. The molecule has 1 aliphatic carbocycles. The number of urea groups is 1. The Hall–Kier alpha value is -3.64. The number of aliphatic hydroxyl groups is 1. The minimum atomic E-state index is -2.19.